The van der Waals surface area contributed by atoms with E-state index in [9.17, 15) is 14.4 Å². The molecule has 1 fully saturated rings. The molecule has 0 spiro atoms. The number of rotatable bonds is 9. The molecule has 1 aromatic rings. The fourth-order valence-corrected chi connectivity index (χ4v) is 3.26. The van der Waals surface area contributed by atoms with Crippen molar-refractivity contribution < 1.29 is 14.4 Å². The first-order valence-corrected chi connectivity index (χ1v) is 9.80. The fourth-order valence-electron chi connectivity index (χ4n) is 3.26. The summed E-state index contributed by atoms with van der Waals surface area (Å²) < 4.78 is 0. The van der Waals surface area contributed by atoms with Crippen LogP contribution in [0.2, 0.25) is 0 Å². The summed E-state index contributed by atoms with van der Waals surface area (Å²) in [5.41, 5.74) is 0.920. The first-order valence-electron chi connectivity index (χ1n) is 9.80. The second-order valence-electron chi connectivity index (χ2n) is 7.79. The van der Waals surface area contributed by atoms with E-state index >= 15 is 0 Å². The van der Waals surface area contributed by atoms with Gasteiger partial charge in [-0.05, 0) is 37.0 Å². The second kappa shape index (κ2) is 9.02. The van der Waals surface area contributed by atoms with Gasteiger partial charge in [0, 0.05) is 5.69 Å². The smallest absolute Gasteiger partial charge is 0.325 e. The van der Waals surface area contributed by atoms with Crippen LogP contribution in [0.5, 0.6) is 0 Å². The third-order valence-electron chi connectivity index (χ3n) is 5.04. The van der Waals surface area contributed by atoms with E-state index in [-0.39, 0.29) is 18.4 Å². The molecule has 6 nitrogen and oxygen atoms in total. The van der Waals surface area contributed by atoms with Crippen LogP contribution < -0.4 is 10.6 Å². The van der Waals surface area contributed by atoms with E-state index in [4.69, 9.17) is 0 Å². The van der Waals surface area contributed by atoms with Gasteiger partial charge >= 0.3 is 6.03 Å². The van der Waals surface area contributed by atoms with Gasteiger partial charge in [-0.1, -0.05) is 58.6 Å². The zero-order chi connectivity index (χ0) is 20.0. The van der Waals surface area contributed by atoms with Gasteiger partial charge < -0.3 is 10.6 Å². The van der Waals surface area contributed by atoms with Crippen LogP contribution in [0.1, 0.15) is 71.3 Å². The molecule has 0 bridgehead atoms. The summed E-state index contributed by atoms with van der Waals surface area (Å²) in [5.74, 6) is -0.295. The minimum atomic E-state index is -0.913. The lowest BCUT2D eigenvalue weighted by atomic mass is 9.94. The van der Waals surface area contributed by atoms with Gasteiger partial charge in [-0.25, -0.2) is 4.79 Å². The van der Waals surface area contributed by atoms with Crippen molar-refractivity contribution in [2.24, 2.45) is 0 Å². The Labute approximate surface area is 161 Å². The number of urea groups is 1. The highest BCUT2D eigenvalue weighted by atomic mass is 16.2. The molecule has 1 saturated heterocycles. The maximum atomic E-state index is 12.7. The van der Waals surface area contributed by atoms with E-state index in [2.05, 4.69) is 31.4 Å². The van der Waals surface area contributed by atoms with E-state index in [1.807, 2.05) is 24.3 Å². The predicted molar refractivity (Wildman–Crippen MR) is 107 cm³/mol. The van der Waals surface area contributed by atoms with E-state index < -0.39 is 11.6 Å². The molecule has 2 N–H and O–H groups in total. The number of nitrogens with one attached hydrogen (secondary N) is 2. The molecule has 1 unspecified atom stereocenters. The lowest BCUT2D eigenvalue weighted by molar-refractivity contribution is -0.133. The Morgan fingerprint density at radius 1 is 1.15 bits per heavy atom. The lowest BCUT2D eigenvalue weighted by Gasteiger charge is -2.21. The second-order valence-corrected chi connectivity index (χ2v) is 7.79. The molecule has 0 saturated carbocycles. The first kappa shape index (κ1) is 20.9. The predicted octanol–water partition coefficient (Wildman–Crippen LogP) is 4.03. The van der Waals surface area contributed by atoms with Crippen LogP contribution in [-0.4, -0.2) is 34.8 Å². The minimum absolute atomic E-state index is 0.277. The Balaban J connectivity index is 1.92. The number of anilines is 1. The number of imide groups is 1. The van der Waals surface area contributed by atoms with Crippen molar-refractivity contribution in [1.82, 2.24) is 10.2 Å². The monoisotopic (exact) mass is 373 g/mol. The maximum absolute atomic E-state index is 12.7. The van der Waals surface area contributed by atoms with Gasteiger partial charge in [0.1, 0.15) is 12.1 Å². The summed E-state index contributed by atoms with van der Waals surface area (Å²) in [6.07, 6.45) is 4.72. The highest BCUT2D eigenvalue weighted by Crippen LogP contribution is 2.24. The van der Waals surface area contributed by atoms with Crippen molar-refractivity contribution in [2.45, 2.75) is 71.3 Å². The van der Waals surface area contributed by atoms with Crippen molar-refractivity contribution in [3.63, 3.8) is 0 Å². The van der Waals surface area contributed by atoms with Crippen LogP contribution in [0.15, 0.2) is 24.3 Å². The number of hydrogen-bond acceptors (Lipinski definition) is 3. The summed E-state index contributed by atoms with van der Waals surface area (Å²) >= 11 is 0. The molecule has 1 heterocycles. The van der Waals surface area contributed by atoms with E-state index in [0.717, 1.165) is 30.6 Å². The number of carbonyl (C=O) groups is 3. The maximum Gasteiger partial charge on any atom is 0.325 e. The Bertz CT molecular complexity index is 684. The Hall–Kier alpha value is -2.37. The SMILES string of the molecule is CCCCCCC1(C)NC(=O)N(CC(=O)Nc2ccc(C(C)C)cc2)C1=O. The highest BCUT2D eigenvalue weighted by Gasteiger charge is 2.47. The molecule has 6 heteroatoms. The van der Waals surface area contributed by atoms with Gasteiger partial charge in [0.2, 0.25) is 5.91 Å². The number of hydrogen-bond donors (Lipinski definition) is 2. The van der Waals surface area contributed by atoms with Gasteiger partial charge in [-0.15, -0.1) is 0 Å². The Morgan fingerprint density at radius 3 is 2.41 bits per heavy atom. The van der Waals surface area contributed by atoms with Gasteiger partial charge in [0.05, 0.1) is 0 Å². The van der Waals surface area contributed by atoms with Crippen LogP contribution in [0.4, 0.5) is 10.5 Å². The standard InChI is InChI=1S/C21H31N3O3/c1-5-6-7-8-13-21(4)19(26)24(20(27)23-21)14-18(25)22-17-11-9-16(10-12-17)15(2)3/h9-12,15H,5-8,13-14H2,1-4H3,(H,22,25)(H,23,27). The van der Waals surface area contributed by atoms with Crippen LogP contribution in [0.25, 0.3) is 0 Å². The minimum Gasteiger partial charge on any atom is -0.325 e. The zero-order valence-electron chi connectivity index (χ0n) is 16.8. The molecule has 1 aromatic carbocycles. The third-order valence-corrected chi connectivity index (χ3v) is 5.04. The first-order chi connectivity index (χ1) is 12.8. The molecule has 0 aliphatic carbocycles. The van der Waals surface area contributed by atoms with Gasteiger partial charge in [0.25, 0.3) is 5.91 Å². The summed E-state index contributed by atoms with van der Waals surface area (Å²) in [7, 11) is 0. The highest BCUT2D eigenvalue weighted by molar-refractivity contribution is 6.09. The summed E-state index contributed by atoms with van der Waals surface area (Å²) in [5, 5.41) is 5.50. The molecular weight excluding hydrogens is 342 g/mol. The van der Waals surface area contributed by atoms with Crippen molar-refractivity contribution in [2.75, 3.05) is 11.9 Å². The van der Waals surface area contributed by atoms with Gasteiger partial charge in [-0.3, -0.25) is 14.5 Å². The van der Waals surface area contributed by atoms with E-state index in [0.29, 0.717) is 18.0 Å². The normalized spacial score (nSPS) is 19.5. The Kier molecular flexibility index (Phi) is 6.99. The molecule has 1 aliphatic heterocycles. The van der Waals surface area contributed by atoms with Crippen LogP contribution >= 0.6 is 0 Å². The van der Waals surface area contributed by atoms with Crippen molar-refractivity contribution in [3.8, 4) is 0 Å². The van der Waals surface area contributed by atoms with Crippen LogP contribution in [0, 0.1) is 0 Å². The molecular formula is C21H31N3O3. The molecule has 2 rings (SSSR count). The number of unbranched alkanes of at least 4 members (excludes halogenated alkanes) is 3. The number of amides is 4. The summed E-state index contributed by atoms with van der Waals surface area (Å²) in [6.45, 7) is 7.79. The average molecular weight is 373 g/mol. The fraction of sp³-hybridized carbons (Fsp3) is 0.571. The molecule has 0 radical (unpaired) electrons. The Morgan fingerprint density at radius 2 is 1.81 bits per heavy atom. The average Bonchev–Trinajstić information content (AvgIpc) is 2.83. The summed E-state index contributed by atoms with van der Waals surface area (Å²) in [4.78, 5) is 38.2. The number of nitrogens with zero attached hydrogens (tertiary/aromatic N) is 1. The van der Waals surface area contributed by atoms with Crippen molar-refractivity contribution in [3.05, 3.63) is 29.8 Å². The van der Waals surface area contributed by atoms with Crippen molar-refractivity contribution >= 4 is 23.5 Å². The third kappa shape index (κ3) is 5.31. The van der Waals surface area contributed by atoms with E-state index in [1.165, 1.54) is 5.56 Å². The molecule has 1 aliphatic rings. The summed E-state index contributed by atoms with van der Waals surface area (Å²) in [6, 6.07) is 7.08. The molecule has 148 valence electrons. The quantitative estimate of drug-likeness (QED) is 0.507. The molecule has 0 aromatic heterocycles. The topological polar surface area (TPSA) is 78.5 Å². The largest absolute Gasteiger partial charge is 0.325 e. The van der Waals surface area contributed by atoms with E-state index in [1.54, 1.807) is 6.92 Å². The van der Waals surface area contributed by atoms with Gasteiger partial charge in [-0.2, -0.15) is 0 Å². The number of carbonyl (C=O) groups excluding carboxylic acids is 3. The molecule has 4 amide bonds. The zero-order valence-corrected chi connectivity index (χ0v) is 16.8. The lowest BCUT2D eigenvalue weighted by Crippen LogP contribution is -2.44. The van der Waals surface area contributed by atoms with Crippen LogP contribution in [0.3, 0.4) is 0 Å². The molecule has 1 atom stereocenters. The number of benzene rings is 1. The van der Waals surface area contributed by atoms with Crippen LogP contribution in [-0.2, 0) is 9.59 Å². The van der Waals surface area contributed by atoms with Crippen molar-refractivity contribution in [1.29, 1.82) is 0 Å². The van der Waals surface area contributed by atoms with Gasteiger partial charge in [0.15, 0.2) is 0 Å². The molecule has 27 heavy (non-hydrogen) atoms.